The number of esters is 1. The number of halogens is 1. The average molecular weight is 296 g/mol. The van der Waals surface area contributed by atoms with Gasteiger partial charge in [-0.25, -0.2) is 0 Å². The first kappa shape index (κ1) is 13.4. The van der Waals surface area contributed by atoms with E-state index in [0.717, 1.165) is 0 Å². The van der Waals surface area contributed by atoms with Crippen LogP contribution in [0.15, 0.2) is 16.6 Å². The third kappa shape index (κ3) is 3.14. The standard InChI is InChI=1S/C12H10BrNO3/c1-2-17-12(16)5-9-8(7-15)3-4-11(13)10(9)6-14/h3-4,7H,2,5H2,1H3. The van der Waals surface area contributed by atoms with Gasteiger partial charge in [0.1, 0.15) is 12.4 Å². The molecule has 0 amide bonds. The van der Waals surface area contributed by atoms with E-state index in [2.05, 4.69) is 15.9 Å². The first-order valence-corrected chi connectivity index (χ1v) is 5.75. The van der Waals surface area contributed by atoms with Gasteiger partial charge in [0.25, 0.3) is 0 Å². The number of aldehydes is 1. The van der Waals surface area contributed by atoms with E-state index in [1.807, 2.05) is 6.07 Å². The molecule has 88 valence electrons. The van der Waals surface area contributed by atoms with Gasteiger partial charge in [-0.05, 0) is 34.5 Å². The Labute approximate surface area is 107 Å². The highest BCUT2D eigenvalue weighted by Crippen LogP contribution is 2.23. The van der Waals surface area contributed by atoms with Gasteiger partial charge in [-0.1, -0.05) is 6.07 Å². The van der Waals surface area contributed by atoms with Gasteiger partial charge in [0, 0.05) is 10.0 Å². The van der Waals surface area contributed by atoms with Crippen molar-refractivity contribution in [3.05, 3.63) is 33.3 Å². The van der Waals surface area contributed by atoms with Crippen LogP contribution in [0.2, 0.25) is 0 Å². The van der Waals surface area contributed by atoms with Gasteiger partial charge < -0.3 is 4.74 Å². The maximum atomic E-state index is 11.4. The molecule has 0 unspecified atom stereocenters. The summed E-state index contributed by atoms with van der Waals surface area (Å²) >= 11 is 3.21. The number of hydrogen-bond donors (Lipinski definition) is 0. The van der Waals surface area contributed by atoms with E-state index in [9.17, 15) is 9.59 Å². The first-order valence-electron chi connectivity index (χ1n) is 4.96. The number of nitriles is 1. The molecule has 1 aromatic rings. The number of nitrogens with zero attached hydrogens (tertiary/aromatic N) is 1. The van der Waals surface area contributed by atoms with Crippen LogP contribution >= 0.6 is 15.9 Å². The van der Waals surface area contributed by atoms with Gasteiger partial charge in [-0.3, -0.25) is 9.59 Å². The molecule has 0 aliphatic carbocycles. The molecule has 0 spiro atoms. The molecule has 17 heavy (non-hydrogen) atoms. The van der Waals surface area contributed by atoms with Crippen LogP contribution in [0.5, 0.6) is 0 Å². The Kier molecular flexibility index (Phi) is 4.85. The minimum absolute atomic E-state index is 0.0791. The summed E-state index contributed by atoms with van der Waals surface area (Å²) in [6, 6.07) is 5.14. The fourth-order valence-corrected chi connectivity index (χ4v) is 1.87. The van der Waals surface area contributed by atoms with Crippen molar-refractivity contribution >= 4 is 28.2 Å². The smallest absolute Gasteiger partial charge is 0.310 e. The monoisotopic (exact) mass is 295 g/mol. The molecule has 0 saturated heterocycles. The van der Waals surface area contributed by atoms with Gasteiger partial charge in [-0.2, -0.15) is 5.26 Å². The zero-order chi connectivity index (χ0) is 12.8. The van der Waals surface area contributed by atoms with Crippen molar-refractivity contribution in [1.82, 2.24) is 0 Å². The maximum absolute atomic E-state index is 11.4. The van der Waals surface area contributed by atoms with E-state index in [1.165, 1.54) is 0 Å². The molecule has 0 radical (unpaired) electrons. The second kappa shape index (κ2) is 6.16. The number of ether oxygens (including phenoxy) is 1. The lowest BCUT2D eigenvalue weighted by molar-refractivity contribution is -0.142. The van der Waals surface area contributed by atoms with Gasteiger partial charge >= 0.3 is 5.97 Å². The predicted molar refractivity (Wildman–Crippen MR) is 64.6 cm³/mol. The predicted octanol–water partition coefficient (Wildman–Crippen LogP) is 2.24. The van der Waals surface area contributed by atoms with E-state index in [1.54, 1.807) is 19.1 Å². The fraction of sp³-hybridized carbons (Fsp3) is 0.250. The zero-order valence-electron chi connectivity index (χ0n) is 9.20. The molecular formula is C12H10BrNO3. The number of carbonyl (C=O) groups is 2. The van der Waals surface area contributed by atoms with E-state index in [4.69, 9.17) is 10.00 Å². The molecule has 0 saturated carbocycles. The van der Waals surface area contributed by atoms with E-state index < -0.39 is 5.97 Å². The molecule has 0 atom stereocenters. The number of carbonyl (C=O) groups excluding carboxylic acids is 2. The molecular weight excluding hydrogens is 286 g/mol. The molecule has 5 heteroatoms. The Morgan fingerprint density at radius 3 is 2.82 bits per heavy atom. The lowest BCUT2D eigenvalue weighted by Crippen LogP contribution is -2.11. The minimum atomic E-state index is -0.454. The molecule has 0 fully saturated rings. The Morgan fingerprint density at radius 1 is 1.59 bits per heavy atom. The average Bonchev–Trinajstić information content (AvgIpc) is 2.30. The zero-order valence-corrected chi connectivity index (χ0v) is 10.8. The summed E-state index contributed by atoms with van der Waals surface area (Å²) in [7, 11) is 0. The largest absolute Gasteiger partial charge is 0.466 e. The van der Waals surface area contributed by atoms with Crippen molar-refractivity contribution in [1.29, 1.82) is 5.26 Å². The molecule has 1 rings (SSSR count). The maximum Gasteiger partial charge on any atom is 0.310 e. The van der Waals surface area contributed by atoms with Gasteiger partial charge in [0.15, 0.2) is 0 Å². The normalized spacial score (nSPS) is 9.47. The van der Waals surface area contributed by atoms with Crippen LogP contribution < -0.4 is 0 Å². The first-order chi connectivity index (χ1) is 8.13. The summed E-state index contributed by atoms with van der Waals surface area (Å²) in [6.07, 6.45) is 0.548. The number of rotatable bonds is 4. The molecule has 0 bridgehead atoms. The van der Waals surface area contributed by atoms with Crippen LogP contribution in [0.25, 0.3) is 0 Å². The van der Waals surface area contributed by atoms with Crippen LogP contribution in [0.4, 0.5) is 0 Å². The van der Waals surface area contributed by atoms with Crippen molar-refractivity contribution in [2.75, 3.05) is 6.61 Å². The van der Waals surface area contributed by atoms with Gasteiger partial charge in [0.2, 0.25) is 0 Å². The summed E-state index contributed by atoms with van der Waals surface area (Å²) in [4.78, 5) is 22.3. The lowest BCUT2D eigenvalue weighted by atomic mass is 10.00. The highest BCUT2D eigenvalue weighted by Gasteiger charge is 2.15. The van der Waals surface area contributed by atoms with Gasteiger partial charge in [0.05, 0.1) is 18.6 Å². The van der Waals surface area contributed by atoms with E-state index >= 15 is 0 Å². The van der Waals surface area contributed by atoms with Crippen LogP contribution in [0.1, 0.15) is 28.4 Å². The Balaban J connectivity index is 3.19. The van der Waals surface area contributed by atoms with E-state index in [-0.39, 0.29) is 13.0 Å². The van der Waals surface area contributed by atoms with Crippen molar-refractivity contribution in [2.24, 2.45) is 0 Å². The molecule has 1 aromatic carbocycles. The lowest BCUT2D eigenvalue weighted by Gasteiger charge is -2.08. The number of benzene rings is 1. The highest BCUT2D eigenvalue weighted by atomic mass is 79.9. The number of hydrogen-bond acceptors (Lipinski definition) is 4. The van der Waals surface area contributed by atoms with Crippen LogP contribution in [-0.2, 0) is 16.0 Å². The third-order valence-corrected chi connectivity index (χ3v) is 2.82. The van der Waals surface area contributed by atoms with Crippen molar-refractivity contribution < 1.29 is 14.3 Å². The van der Waals surface area contributed by atoms with Crippen molar-refractivity contribution in [3.8, 4) is 6.07 Å². The van der Waals surface area contributed by atoms with Crippen LogP contribution in [-0.4, -0.2) is 18.9 Å². The SMILES string of the molecule is CCOC(=O)Cc1c(C=O)ccc(Br)c1C#N. The van der Waals surface area contributed by atoms with Crippen molar-refractivity contribution in [3.63, 3.8) is 0 Å². The summed E-state index contributed by atoms with van der Waals surface area (Å²) in [5.74, 6) is -0.454. The third-order valence-electron chi connectivity index (χ3n) is 2.16. The summed E-state index contributed by atoms with van der Waals surface area (Å²) < 4.78 is 5.37. The highest BCUT2D eigenvalue weighted by molar-refractivity contribution is 9.10. The quantitative estimate of drug-likeness (QED) is 0.631. The second-order valence-corrected chi connectivity index (χ2v) is 4.06. The van der Waals surface area contributed by atoms with E-state index in [0.29, 0.717) is 27.4 Å². The molecule has 0 aliphatic heterocycles. The Hall–Kier alpha value is -1.67. The Bertz CT molecular complexity index is 491. The van der Waals surface area contributed by atoms with Crippen molar-refractivity contribution in [2.45, 2.75) is 13.3 Å². The summed E-state index contributed by atoms with van der Waals surface area (Å²) in [6.45, 7) is 1.97. The van der Waals surface area contributed by atoms with Crippen LogP contribution in [0, 0.1) is 11.3 Å². The van der Waals surface area contributed by atoms with Gasteiger partial charge in [-0.15, -0.1) is 0 Å². The minimum Gasteiger partial charge on any atom is -0.466 e. The molecule has 0 aromatic heterocycles. The Morgan fingerprint density at radius 2 is 2.29 bits per heavy atom. The molecule has 0 aliphatic rings. The molecule has 0 heterocycles. The fourth-order valence-electron chi connectivity index (χ4n) is 1.41. The van der Waals surface area contributed by atoms with Crippen LogP contribution in [0.3, 0.4) is 0 Å². The summed E-state index contributed by atoms with van der Waals surface area (Å²) in [5.41, 5.74) is 1.02. The summed E-state index contributed by atoms with van der Waals surface area (Å²) in [5, 5.41) is 9.01. The molecule has 0 N–H and O–H groups in total. The molecule has 4 nitrogen and oxygen atoms in total. The topological polar surface area (TPSA) is 67.2 Å². The second-order valence-electron chi connectivity index (χ2n) is 3.20.